The summed E-state index contributed by atoms with van der Waals surface area (Å²) in [6, 6.07) is 0.334. The van der Waals surface area contributed by atoms with Crippen molar-refractivity contribution in [2.75, 3.05) is 17.2 Å². The highest BCUT2D eigenvalue weighted by Gasteiger charge is 2.21. The molecule has 0 bridgehead atoms. The lowest BCUT2D eigenvalue weighted by Gasteiger charge is -2.27. The number of thiazole rings is 1. The summed E-state index contributed by atoms with van der Waals surface area (Å²) in [5.41, 5.74) is 1.86. The Morgan fingerprint density at radius 3 is 2.72 bits per heavy atom. The number of aryl methyl sites for hydroxylation is 1. The maximum absolute atomic E-state index is 9.72. The molecule has 0 aliphatic heterocycles. The predicted molar refractivity (Wildman–Crippen MR) is 103 cm³/mol. The number of hydrogen-bond acceptors (Lipinski definition) is 7. The standard InChI is InChI=1S/C18H27N5OS/c1-3-4-9-19-18-20-10-15(16-11-25-12(2)21-16)17(23-18)22-13-5-7-14(24)8-6-13/h10-11,13-14,24H,3-9H2,1-2H3,(H2,19,20,22,23). The van der Waals surface area contributed by atoms with E-state index in [-0.39, 0.29) is 6.10 Å². The van der Waals surface area contributed by atoms with Gasteiger partial charge in [0.2, 0.25) is 5.95 Å². The van der Waals surface area contributed by atoms with Gasteiger partial charge in [0.15, 0.2) is 0 Å². The maximum atomic E-state index is 9.72. The number of aromatic nitrogens is 3. The lowest BCUT2D eigenvalue weighted by molar-refractivity contribution is 0.126. The van der Waals surface area contributed by atoms with Crippen LogP contribution in [0.15, 0.2) is 11.6 Å². The van der Waals surface area contributed by atoms with Gasteiger partial charge in [-0.25, -0.2) is 9.97 Å². The highest BCUT2D eigenvalue weighted by Crippen LogP contribution is 2.30. The average Bonchev–Trinajstić information content (AvgIpc) is 3.04. The number of nitrogens with zero attached hydrogens (tertiary/aromatic N) is 3. The molecule has 3 N–H and O–H groups in total. The molecule has 0 atom stereocenters. The molecule has 2 aromatic heterocycles. The molecule has 1 aliphatic rings. The zero-order valence-corrected chi connectivity index (χ0v) is 15.8. The molecule has 1 fully saturated rings. The summed E-state index contributed by atoms with van der Waals surface area (Å²) in [7, 11) is 0. The summed E-state index contributed by atoms with van der Waals surface area (Å²) in [6.07, 6.45) is 7.54. The molecule has 1 aliphatic carbocycles. The van der Waals surface area contributed by atoms with E-state index in [4.69, 9.17) is 4.98 Å². The largest absolute Gasteiger partial charge is 0.393 e. The van der Waals surface area contributed by atoms with Crippen molar-refractivity contribution in [3.63, 3.8) is 0 Å². The van der Waals surface area contributed by atoms with Gasteiger partial charge in [-0.05, 0) is 39.0 Å². The first-order valence-electron chi connectivity index (χ1n) is 9.13. The summed E-state index contributed by atoms with van der Waals surface area (Å²) in [5, 5.41) is 19.7. The monoisotopic (exact) mass is 361 g/mol. The first-order valence-corrected chi connectivity index (χ1v) is 10.0. The van der Waals surface area contributed by atoms with Crippen LogP contribution in [-0.4, -0.2) is 38.7 Å². The Bertz CT molecular complexity index is 682. The molecule has 0 spiro atoms. The first-order chi connectivity index (χ1) is 12.2. The minimum absolute atomic E-state index is 0.157. The Labute approximate surface area is 153 Å². The normalized spacial score (nSPS) is 20.4. The summed E-state index contributed by atoms with van der Waals surface area (Å²) in [5.74, 6) is 1.49. The van der Waals surface area contributed by atoms with E-state index in [9.17, 15) is 5.11 Å². The number of rotatable bonds is 7. The summed E-state index contributed by atoms with van der Waals surface area (Å²) < 4.78 is 0. The minimum atomic E-state index is -0.157. The van der Waals surface area contributed by atoms with Crippen LogP contribution in [0.2, 0.25) is 0 Å². The van der Waals surface area contributed by atoms with Crippen LogP contribution >= 0.6 is 11.3 Å². The number of unbranched alkanes of at least 4 members (excludes halogenated alkanes) is 1. The number of aliphatic hydroxyl groups excluding tert-OH is 1. The first kappa shape index (κ1) is 18.1. The molecular formula is C18H27N5OS. The van der Waals surface area contributed by atoms with Gasteiger partial charge < -0.3 is 15.7 Å². The van der Waals surface area contributed by atoms with Crippen LogP contribution in [0, 0.1) is 6.92 Å². The maximum Gasteiger partial charge on any atom is 0.224 e. The molecule has 3 rings (SSSR count). The second kappa shape index (κ2) is 8.58. The Balaban J connectivity index is 1.81. The van der Waals surface area contributed by atoms with Gasteiger partial charge in [0.25, 0.3) is 0 Å². The lowest BCUT2D eigenvalue weighted by Crippen LogP contribution is -2.29. The molecule has 6 nitrogen and oxygen atoms in total. The number of nitrogens with one attached hydrogen (secondary N) is 2. The zero-order chi connectivity index (χ0) is 17.6. The SMILES string of the molecule is CCCCNc1ncc(-c2csc(C)n2)c(NC2CCC(O)CC2)n1. The quantitative estimate of drug-likeness (QED) is 0.650. The second-order valence-electron chi connectivity index (χ2n) is 6.64. The fraction of sp³-hybridized carbons (Fsp3) is 0.611. The zero-order valence-electron chi connectivity index (χ0n) is 15.0. The van der Waals surface area contributed by atoms with Gasteiger partial charge in [-0.1, -0.05) is 13.3 Å². The van der Waals surface area contributed by atoms with Crippen molar-refractivity contribution in [2.24, 2.45) is 0 Å². The second-order valence-corrected chi connectivity index (χ2v) is 7.70. The molecule has 7 heteroatoms. The van der Waals surface area contributed by atoms with E-state index in [0.717, 1.165) is 67.2 Å². The topological polar surface area (TPSA) is 83.0 Å². The summed E-state index contributed by atoms with van der Waals surface area (Å²) in [6.45, 7) is 5.05. The molecule has 0 radical (unpaired) electrons. The molecule has 2 heterocycles. The van der Waals surface area contributed by atoms with Crippen molar-refractivity contribution in [3.8, 4) is 11.3 Å². The van der Waals surface area contributed by atoms with Gasteiger partial charge in [-0.15, -0.1) is 11.3 Å². The highest BCUT2D eigenvalue weighted by molar-refractivity contribution is 7.09. The Kier molecular flexibility index (Phi) is 6.20. The van der Waals surface area contributed by atoms with Gasteiger partial charge in [0, 0.05) is 24.2 Å². The highest BCUT2D eigenvalue weighted by atomic mass is 32.1. The third-order valence-electron chi connectivity index (χ3n) is 4.53. The number of aliphatic hydroxyl groups is 1. The number of anilines is 2. The molecular weight excluding hydrogens is 334 g/mol. The van der Waals surface area contributed by atoms with E-state index in [1.807, 2.05) is 18.5 Å². The van der Waals surface area contributed by atoms with Crippen LogP contribution in [0.1, 0.15) is 50.5 Å². The van der Waals surface area contributed by atoms with Crippen LogP contribution in [0.4, 0.5) is 11.8 Å². The van der Waals surface area contributed by atoms with E-state index in [2.05, 4.69) is 27.5 Å². The van der Waals surface area contributed by atoms with E-state index in [1.165, 1.54) is 0 Å². The fourth-order valence-electron chi connectivity index (χ4n) is 3.04. The minimum Gasteiger partial charge on any atom is -0.393 e. The van der Waals surface area contributed by atoms with Crippen molar-refractivity contribution in [2.45, 2.75) is 64.5 Å². The molecule has 2 aromatic rings. The predicted octanol–water partition coefficient (Wildman–Crippen LogP) is 3.84. The smallest absolute Gasteiger partial charge is 0.224 e. The molecule has 136 valence electrons. The molecule has 0 saturated heterocycles. The summed E-state index contributed by atoms with van der Waals surface area (Å²) in [4.78, 5) is 13.8. The van der Waals surface area contributed by atoms with Gasteiger partial charge in [0.05, 0.1) is 22.4 Å². The molecule has 0 aromatic carbocycles. The van der Waals surface area contributed by atoms with E-state index in [1.54, 1.807) is 11.3 Å². The van der Waals surface area contributed by atoms with Crippen molar-refractivity contribution in [1.82, 2.24) is 15.0 Å². The van der Waals surface area contributed by atoms with E-state index >= 15 is 0 Å². The Hall–Kier alpha value is -1.73. The molecule has 1 saturated carbocycles. The number of hydrogen-bond donors (Lipinski definition) is 3. The molecule has 0 amide bonds. The molecule has 25 heavy (non-hydrogen) atoms. The Morgan fingerprint density at radius 1 is 1.24 bits per heavy atom. The van der Waals surface area contributed by atoms with Gasteiger partial charge in [-0.3, -0.25) is 0 Å². The van der Waals surface area contributed by atoms with Crippen molar-refractivity contribution in [3.05, 3.63) is 16.6 Å². The van der Waals surface area contributed by atoms with Crippen LogP contribution in [0.25, 0.3) is 11.3 Å². The van der Waals surface area contributed by atoms with Crippen LogP contribution in [-0.2, 0) is 0 Å². The van der Waals surface area contributed by atoms with Gasteiger partial charge in [0.1, 0.15) is 5.82 Å². The third-order valence-corrected chi connectivity index (χ3v) is 5.31. The van der Waals surface area contributed by atoms with Crippen molar-refractivity contribution >= 4 is 23.1 Å². The Morgan fingerprint density at radius 2 is 2.04 bits per heavy atom. The van der Waals surface area contributed by atoms with E-state index in [0.29, 0.717) is 12.0 Å². The average molecular weight is 362 g/mol. The van der Waals surface area contributed by atoms with Crippen molar-refractivity contribution < 1.29 is 5.11 Å². The third kappa shape index (κ3) is 4.89. The lowest BCUT2D eigenvalue weighted by atomic mass is 9.93. The van der Waals surface area contributed by atoms with E-state index < -0.39 is 0 Å². The van der Waals surface area contributed by atoms with Gasteiger partial charge >= 0.3 is 0 Å². The summed E-state index contributed by atoms with van der Waals surface area (Å²) >= 11 is 1.63. The molecule has 0 unspecified atom stereocenters. The van der Waals surface area contributed by atoms with Crippen LogP contribution < -0.4 is 10.6 Å². The van der Waals surface area contributed by atoms with Crippen molar-refractivity contribution in [1.29, 1.82) is 0 Å². The van der Waals surface area contributed by atoms with Gasteiger partial charge in [-0.2, -0.15) is 4.98 Å². The van der Waals surface area contributed by atoms with Crippen LogP contribution in [0.3, 0.4) is 0 Å². The van der Waals surface area contributed by atoms with Crippen LogP contribution in [0.5, 0.6) is 0 Å². The fourth-order valence-corrected chi connectivity index (χ4v) is 3.65.